The number of nitrogens with zero attached hydrogens (tertiary/aromatic N) is 1. The van der Waals surface area contributed by atoms with Crippen LogP contribution in [-0.2, 0) is 18.0 Å². The number of amides is 1. The van der Waals surface area contributed by atoms with Gasteiger partial charge in [-0.05, 0) is 17.2 Å². The highest BCUT2D eigenvalue weighted by Gasteiger charge is 2.20. The lowest BCUT2D eigenvalue weighted by molar-refractivity contribution is 0.0181. The van der Waals surface area contributed by atoms with Gasteiger partial charge in [-0.15, -0.1) is 0 Å². The van der Waals surface area contributed by atoms with Gasteiger partial charge in [0.2, 0.25) is 0 Å². The molecule has 1 heterocycles. The highest BCUT2D eigenvalue weighted by atomic mass is 16.5. The number of hydrogen-bond donors (Lipinski definition) is 4. The number of ether oxygens (including phenoxy) is 1. The van der Waals surface area contributed by atoms with Crippen molar-refractivity contribution in [2.24, 2.45) is 0 Å². The molecule has 0 saturated carbocycles. The molecule has 2 aromatic rings. The number of pyridine rings is 1. The van der Waals surface area contributed by atoms with Crippen LogP contribution in [-0.4, -0.2) is 39.0 Å². The molecule has 128 valence electrons. The van der Waals surface area contributed by atoms with E-state index in [1.54, 1.807) is 0 Å². The van der Waals surface area contributed by atoms with Gasteiger partial charge in [-0.1, -0.05) is 30.3 Å². The normalized spacial score (nSPS) is 13.1. The maximum atomic E-state index is 11.6. The van der Waals surface area contributed by atoms with E-state index in [4.69, 9.17) is 9.84 Å². The number of carbonyl (C=O) groups is 1. The van der Waals surface area contributed by atoms with Crippen LogP contribution in [0.3, 0.4) is 0 Å². The fourth-order valence-electron chi connectivity index (χ4n) is 2.05. The van der Waals surface area contributed by atoms with Crippen molar-refractivity contribution in [3.63, 3.8) is 0 Å². The first-order valence-electron chi connectivity index (χ1n) is 7.45. The van der Waals surface area contributed by atoms with Gasteiger partial charge in [-0.25, -0.2) is 4.79 Å². The molecule has 2 rings (SSSR count). The Morgan fingerprint density at radius 1 is 1.17 bits per heavy atom. The van der Waals surface area contributed by atoms with Gasteiger partial charge in [0.05, 0.1) is 6.61 Å². The van der Waals surface area contributed by atoms with Gasteiger partial charge in [0.15, 0.2) is 0 Å². The molecule has 0 saturated heterocycles. The van der Waals surface area contributed by atoms with Gasteiger partial charge in [-0.2, -0.15) is 0 Å². The van der Waals surface area contributed by atoms with E-state index in [-0.39, 0.29) is 19.8 Å². The number of aromatic nitrogens is 1. The average Bonchev–Trinajstić information content (AvgIpc) is 2.64. The molecule has 2 atom stereocenters. The molecule has 0 aliphatic rings. The van der Waals surface area contributed by atoms with Gasteiger partial charge >= 0.3 is 6.09 Å². The molecule has 0 spiro atoms. The molecule has 7 nitrogen and oxygen atoms in total. The van der Waals surface area contributed by atoms with Crippen LogP contribution < -0.4 is 5.32 Å². The summed E-state index contributed by atoms with van der Waals surface area (Å²) in [5, 5.41) is 31.5. The number of nitrogens with one attached hydrogen (secondary N) is 1. The summed E-state index contributed by atoms with van der Waals surface area (Å²) in [6, 6.07) is 10.7. The molecule has 0 aliphatic heterocycles. The highest BCUT2D eigenvalue weighted by molar-refractivity contribution is 5.67. The van der Waals surface area contributed by atoms with Crippen molar-refractivity contribution in [3.8, 4) is 0 Å². The molecule has 1 amide bonds. The molecule has 24 heavy (non-hydrogen) atoms. The maximum Gasteiger partial charge on any atom is 0.407 e. The minimum absolute atomic E-state index is 0.119. The predicted octanol–water partition coefficient (Wildman–Crippen LogP) is 0.895. The van der Waals surface area contributed by atoms with Crippen LogP contribution >= 0.6 is 0 Å². The van der Waals surface area contributed by atoms with E-state index >= 15 is 0 Å². The second-order valence-corrected chi connectivity index (χ2v) is 5.24. The molecular weight excluding hydrogens is 312 g/mol. The van der Waals surface area contributed by atoms with Crippen molar-refractivity contribution in [2.45, 2.75) is 25.4 Å². The van der Waals surface area contributed by atoms with E-state index in [1.807, 2.05) is 30.3 Å². The van der Waals surface area contributed by atoms with Crippen LogP contribution in [0.5, 0.6) is 0 Å². The lowest BCUT2D eigenvalue weighted by Crippen LogP contribution is -2.35. The van der Waals surface area contributed by atoms with Gasteiger partial charge in [0, 0.05) is 24.5 Å². The summed E-state index contributed by atoms with van der Waals surface area (Å²) in [4.78, 5) is 15.5. The minimum Gasteiger partial charge on any atom is -0.445 e. The fraction of sp³-hybridized carbons (Fsp3) is 0.294. The lowest BCUT2D eigenvalue weighted by Gasteiger charge is -2.18. The first kappa shape index (κ1) is 17.9. The molecule has 1 aromatic heterocycles. The molecule has 7 heteroatoms. The summed E-state index contributed by atoms with van der Waals surface area (Å²) < 4.78 is 5.01. The van der Waals surface area contributed by atoms with Crippen LogP contribution in [0.4, 0.5) is 4.79 Å². The first-order chi connectivity index (χ1) is 11.6. The zero-order chi connectivity index (χ0) is 17.4. The zero-order valence-corrected chi connectivity index (χ0v) is 13.0. The van der Waals surface area contributed by atoms with Crippen LogP contribution in [0, 0.1) is 0 Å². The Morgan fingerprint density at radius 3 is 2.62 bits per heavy atom. The fourth-order valence-corrected chi connectivity index (χ4v) is 2.05. The molecule has 0 aliphatic carbocycles. The number of carbonyl (C=O) groups excluding carboxylic acids is 1. The van der Waals surface area contributed by atoms with Crippen LogP contribution in [0.15, 0.2) is 48.8 Å². The van der Waals surface area contributed by atoms with Crippen LogP contribution in [0.25, 0.3) is 0 Å². The molecule has 2 unspecified atom stereocenters. The molecule has 0 bridgehead atoms. The number of benzene rings is 1. The molecule has 4 N–H and O–H groups in total. The van der Waals surface area contributed by atoms with Gasteiger partial charge in [0.25, 0.3) is 0 Å². The van der Waals surface area contributed by atoms with Crippen molar-refractivity contribution < 1.29 is 24.9 Å². The Hall–Kier alpha value is -2.48. The van der Waals surface area contributed by atoms with Crippen LogP contribution in [0.1, 0.15) is 22.8 Å². The maximum absolute atomic E-state index is 11.6. The van der Waals surface area contributed by atoms with Crippen molar-refractivity contribution in [1.29, 1.82) is 0 Å². The summed E-state index contributed by atoms with van der Waals surface area (Å²) >= 11 is 0. The number of alkyl carbamates (subject to hydrolysis) is 1. The smallest absolute Gasteiger partial charge is 0.407 e. The third kappa shape index (κ3) is 5.31. The number of aliphatic hydroxyl groups excluding tert-OH is 3. The largest absolute Gasteiger partial charge is 0.445 e. The quantitative estimate of drug-likeness (QED) is 0.599. The standard InChI is InChI=1S/C17H20N2O5/c20-10-13-6-14(8-18-7-13)16(22)15(21)9-19-17(23)24-11-12-4-2-1-3-5-12/h1-8,15-16,20-22H,9-11H2,(H,19,23). The van der Waals surface area contributed by atoms with E-state index in [1.165, 1.54) is 18.5 Å². The summed E-state index contributed by atoms with van der Waals surface area (Å²) in [5.41, 5.74) is 1.72. The van der Waals surface area contributed by atoms with E-state index in [0.29, 0.717) is 11.1 Å². The molecule has 0 fully saturated rings. The predicted molar refractivity (Wildman–Crippen MR) is 85.8 cm³/mol. The monoisotopic (exact) mass is 332 g/mol. The highest BCUT2D eigenvalue weighted by Crippen LogP contribution is 2.17. The number of aliphatic hydroxyl groups is 3. The first-order valence-corrected chi connectivity index (χ1v) is 7.45. The zero-order valence-electron chi connectivity index (χ0n) is 13.0. The Labute approximate surface area is 139 Å². The second-order valence-electron chi connectivity index (χ2n) is 5.24. The van der Waals surface area contributed by atoms with Gasteiger partial charge in [0.1, 0.15) is 18.8 Å². The summed E-state index contributed by atoms with van der Waals surface area (Å²) in [7, 11) is 0. The van der Waals surface area contributed by atoms with E-state index in [2.05, 4.69) is 10.3 Å². The number of hydrogen-bond acceptors (Lipinski definition) is 6. The third-order valence-electron chi connectivity index (χ3n) is 3.37. The minimum atomic E-state index is -1.24. The van der Waals surface area contributed by atoms with Crippen LogP contribution in [0.2, 0.25) is 0 Å². The second kappa shape index (κ2) is 8.97. The van der Waals surface area contributed by atoms with Gasteiger partial charge < -0.3 is 25.4 Å². The summed E-state index contributed by atoms with van der Waals surface area (Å²) in [6.07, 6.45) is -0.307. The van der Waals surface area contributed by atoms with Crippen molar-refractivity contribution in [1.82, 2.24) is 10.3 Å². The SMILES string of the molecule is O=C(NCC(O)C(O)c1cncc(CO)c1)OCc1ccccc1. The topological polar surface area (TPSA) is 112 Å². The third-order valence-corrected chi connectivity index (χ3v) is 3.37. The summed E-state index contributed by atoms with van der Waals surface area (Å²) in [5.74, 6) is 0. The van der Waals surface area contributed by atoms with E-state index in [9.17, 15) is 15.0 Å². The summed E-state index contributed by atoms with van der Waals surface area (Å²) in [6.45, 7) is -0.278. The van der Waals surface area contributed by atoms with Crippen molar-refractivity contribution >= 4 is 6.09 Å². The molecule has 1 aromatic carbocycles. The Morgan fingerprint density at radius 2 is 1.92 bits per heavy atom. The lowest BCUT2D eigenvalue weighted by atomic mass is 10.0. The van der Waals surface area contributed by atoms with Crippen molar-refractivity contribution in [2.75, 3.05) is 6.54 Å². The average molecular weight is 332 g/mol. The Bertz CT molecular complexity index is 650. The van der Waals surface area contributed by atoms with E-state index in [0.717, 1.165) is 5.56 Å². The Balaban J connectivity index is 1.79. The molecular formula is C17H20N2O5. The molecule has 0 radical (unpaired) electrons. The van der Waals surface area contributed by atoms with E-state index < -0.39 is 18.3 Å². The number of rotatable bonds is 7. The Kier molecular flexibility index (Phi) is 6.68. The van der Waals surface area contributed by atoms with Crippen molar-refractivity contribution in [3.05, 3.63) is 65.5 Å². The van der Waals surface area contributed by atoms with Gasteiger partial charge in [-0.3, -0.25) is 4.98 Å².